The van der Waals surface area contributed by atoms with Crippen LogP contribution in [0, 0.1) is 16.0 Å². The molecular weight excluding hydrogens is 524 g/mol. The molecule has 11 nitrogen and oxygen atoms in total. The molecule has 1 unspecified atom stereocenters. The van der Waals surface area contributed by atoms with Crippen LogP contribution in [-0.4, -0.2) is 54.8 Å². The maximum atomic E-state index is 13.4. The Bertz CT molecular complexity index is 1190. The summed E-state index contributed by atoms with van der Waals surface area (Å²) < 4.78 is 15.6. The summed E-state index contributed by atoms with van der Waals surface area (Å²) in [4.78, 5) is 39.3. The number of nitro groups is 1. The molecule has 0 aliphatic carbocycles. The molecule has 0 saturated carbocycles. The summed E-state index contributed by atoms with van der Waals surface area (Å²) in [5.41, 5.74) is -0.245. The number of nitro benzene ring substituents is 1. The summed E-state index contributed by atoms with van der Waals surface area (Å²) in [7, 11) is 4.57. The van der Waals surface area contributed by atoms with Gasteiger partial charge in [-0.05, 0) is 38.0 Å². The molecule has 2 rings (SSSR count). The first-order valence-electron chi connectivity index (χ1n) is 12.3. The molecule has 0 radical (unpaired) electrons. The minimum absolute atomic E-state index is 0.104. The van der Waals surface area contributed by atoms with Gasteiger partial charge >= 0.3 is 6.09 Å². The van der Waals surface area contributed by atoms with Crippen LogP contribution in [0.25, 0.3) is 0 Å². The van der Waals surface area contributed by atoms with Crippen molar-refractivity contribution >= 4 is 40.6 Å². The van der Waals surface area contributed by atoms with Crippen LogP contribution in [0.4, 0.5) is 16.2 Å². The number of alkyl carbamates (subject to hydrolysis) is 1. The highest BCUT2D eigenvalue weighted by Gasteiger charge is 2.34. The van der Waals surface area contributed by atoms with E-state index in [2.05, 4.69) is 10.6 Å². The molecule has 2 aromatic carbocycles. The van der Waals surface area contributed by atoms with Crippen molar-refractivity contribution in [3.05, 3.63) is 58.1 Å². The fraction of sp³-hybridized carbons (Fsp3) is 0.444. The standard InChI is InChI=1S/C27H36N4O7S/c1-8-17(2)23(24(32)29-27(3,4)25(39)30(5)19-12-10-9-11-13-19)28-26(33)38-16-18-14-21(36-6)22(37-7)15-20(18)31(34)35/h9-15,17,23H,8,16H2,1-7H3,(H,28,33)(H,29,32)/t17?,23-/m0/s1. The van der Waals surface area contributed by atoms with E-state index in [9.17, 15) is 19.7 Å². The number of rotatable bonds is 12. The van der Waals surface area contributed by atoms with Crippen LogP contribution in [0.15, 0.2) is 42.5 Å². The first-order chi connectivity index (χ1) is 18.4. The van der Waals surface area contributed by atoms with Crippen LogP contribution in [0.3, 0.4) is 0 Å². The number of carbonyl (C=O) groups is 2. The zero-order chi connectivity index (χ0) is 29.3. The Labute approximate surface area is 233 Å². The van der Waals surface area contributed by atoms with Crippen molar-refractivity contribution in [2.45, 2.75) is 52.3 Å². The van der Waals surface area contributed by atoms with Gasteiger partial charge in [0.05, 0.1) is 36.3 Å². The first kappa shape index (κ1) is 31.3. The number of carbonyl (C=O) groups excluding carboxylic acids is 2. The summed E-state index contributed by atoms with van der Waals surface area (Å²) >= 11 is 5.67. The Morgan fingerprint density at radius 1 is 1.13 bits per heavy atom. The van der Waals surface area contributed by atoms with Crippen LogP contribution < -0.4 is 25.0 Å². The van der Waals surface area contributed by atoms with Gasteiger partial charge in [-0.2, -0.15) is 0 Å². The third kappa shape index (κ3) is 8.03. The molecule has 0 aliphatic rings. The average Bonchev–Trinajstić information content (AvgIpc) is 2.92. The topological polar surface area (TPSA) is 132 Å². The molecule has 0 fully saturated rings. The minimum atomic E-state index is -0.938. The average molecular weight is 561 g/mol. The zero-order valence-corrected chi connectivity index (χ0v) is 24.1. The van der Waals surface area contributed by atoms with E-state index in [4.69, 9.17) is 26.4 Å². The van der Waals surface area contributed by atoms with Gasteiger partial charge in [0, 0.05) is 12.7 Å². The highest BCUT2D eigenvalue weighted by Crippen LogP contribution is 2.34. The van der Waals surface area contributed by atoms with E-state index < -0.39 is 35.1 Å². The van der Waals surface area contributed by atoms with Crippen molar-refractivity contribution in [1.29, 1.82) is 0 Å². The second-order valence-corrected chi connectivity index (χ2v) is 9.88. The number of likely N-dealkylation sites (N-methyl/N-ethyl adjacent to an activating group) is 1. The van der Waals surface area contributed by atoms with Gasteiger partial charge < -0.3 is 29.7 Å². The maximum Gasteiger partial charge on any atom is 0.408 e. The van der Waals surface area contributed by atoms with Crippen molar-refractivity contribution in [1.82, 2.24) is 10.6 Å². The molecule has 0 aliphatic heterocycles. The number of anilines is 1. The number of thiocarbonyl (C=S) groups is 1. The fourth-order valence-corrected chi connectivity index (χ4v) is 3.99. The predicted molar refractivity (Wildman–Crippen MR) is 152 cm³/mol. The molecule has 0 aromatic heterocycles. The number of hydrogen-bond donors (Lipinski definition) is 2. The van der Waals surface area contributed by atoms with Gasteiger partial charge in [-0.3, -0.25) is 14.9 Å². The monoisotopic (exact) mass is 560 g/mol. The predicted octanol–water partition coefficient (Wildman–Crippen LogP) is 4.61. The summed E-state index contributed by atoms with van der Waals surface area (Å²) in [5, 5.41) is 17.1. The van der Waals surface area contributed by atoms with Crippen molar-refractivity contribution in [3.8, 4) is 11.5 Å². The molecule has 2 atom stereocenters. The number of ether oxygens (including phenoxy) is 3. The summed E-state index contributed by atoms with van der Waals surface area (Å²) in [5.74, 6) is -0.265. The molecular formula is C27H36N4O7S. The highest BCUT2D eigenvalue weighted by atomic mass is 32.1. The minimum Gasteiger partial charge on any atom is -0.493 e. The van der Waals surface area contributed by atoms with Crippen molar-refractivity contribution < 1.29 is 28.7 Å². The lowest BCUT2D eigenvalue weighted by molar-refractivity contribution is -0.385. The molecule has 0 bridgehead atoms. The SMILES string of the molecule is CCC(C)[C@H](NC(=O)OCc1cc(OC)c(OC)cc1[N+](=O)[O-])C(=O)NC(C)(C)C(=S)N(C)c1ccccc1. The highest BCUT2D eigenvalue weighted by molar-refractivity contribution is 7.80. The molecule has 212 valence electrons. The second-order valence-electron chi connectivity index (χ2n) is 9.49. The fourth-order valence-electron chi connectivity index (χ4n) is 3.84. The maximum absolute atomic E-state index is 13.4. The van der Waals surface area contributed by atoms with E-state index in [0.717, 1.165) is 5.69 Å². The van der Waals surface area contributed by atoms with Gasteiger partial charge in [0.15, 0.2) is 11.5 Å². The summed E-state index contributed by atoms with van der Waals surface area (Å²) in [6, 6.07) is 11.1. The van der Waals surface area contributed by atoms with Crippen molar-refractivity contribution in [3.63, 3.8) is 0 Å². The van der Waals surface area contributed by atoms with Gasteiger partial charge in [-0.15, -0.1) is 0 Å². The number of benzene rings is 2. The molecule has 2 N–H and O–H groups in total. The van der Waals surface area contributed by atoms with Gasteiger partial charge in [0.1, 0.15) is 17.6 Å². The number of para-hydroxylation sites is 1. The van der Waals surface area contributed by atoms with E-state index in [1.165, 1.54) is 26.4 Å². The Hall–Kier alpha value is -3.93. The number of hydrogen-bond acceptors (Lipinski definition) is 8. The zero-order valence-electron chi connectivity index (χ0n) is 23.3. The van der Waals surface area contributed by atoms with E-state index in [0.29, 0.717) is 11.4 Å². The smallest absolute Gasteiger partial charge is 0.408 e. The van der Waals surface area contributed by atoms with E-state index in [1.807, 2.05) is 56.1 Å². The molecule has 2 aromatic rings. The Morgan fingerprint density at radius 2 is 1.72 bits per heavy atom. The van der Waals surface area contributed by atoms with Crippen LogP contribution in [-0.2, 0) is 16.1 Å². The molecule has 2 amide bonds. The van der Waals surface area contributed by atoms with Crippen LogP contribution >= 0.6 is 12.2 Å². The van der Waals surface area contributed by atoms with E-state index in [1.54, 1.807) is 13.8 Å². The van der Waals surface area contributed by atoms with E-state index in [-0.39, 0.29) is 28.7 Å². The molecule has 0 heterocycles. The Kier molecular flexibility index (Phi) is 11.0. The normalized spacial score (nSPS) is 12.5. The molecule has 0 saturated heterocycles. The van der Waals surface area contributed by atoms with Crippen LogP contribution in [0.1, 0.15) is 39.7 Å². The lowest BCUT2D eigenvalue weighted by atomic mass is 9.96. The first-order valence-corrected chi connectivity index (χ1v) is 12.7. The van der Waals surface area contributed by atoms with Gasteiger partial charge in [-0.1, -0.05) is 50.7 Å². The summed E-state index contributed by atoms with van der Waals surface area (Å²) in [6.07, 6.45) is -0.310. The number of nitrogens with zero attached hydrogens (tertiary/aromatic N) is 2. The third-order valence-electron chi connectivity index (χ3n) is 6.33. The van der Waals surface area contributed by atoms with Gasteiger partial charge in [0.25, 0.3) is 5.69 Å². The van der Waals surface area contributed by atoms with Crippen molar-refractivity contribution in [2.24, 2.45) is 5.92 Å². The van der Waals surface area contributed by atoms with E-state index >= 15 is 0 Å². The summed E-state index contributed by atoms with van der Waals surface area (Å²) in [6.45, 7) is 6.87. The quantitative estimate of drug-likeness (QED) is 0.217. The molecule has 0 spiro atoms. The second kappa shape index (κ2) is 13.7. The molecule has 12 heteroatoms. The van der Waals surface area contributed by atoms with Crippen LogP contribution in [0.2, 0.25) is 0 Å². The van der Waals surface area contributed by atoms with Gasteiger partial charge in [0.2, 0.25) is 5.91 Å². The number of methoxy groups -OCH3 is 2. The Balaban J connectivity index is 2.15. The van der Waals surface area contributed by atoms with Crippen LogP contribution in [0.5, 0.6) is 11.5 Å². The largest absolute Gasteiger partial charge is 0.493 e. The lowest BCUT2D eigenvalue weighted by Gasteiger charge is -2.35. The third-order valence-corrected chi connectivity index (χ3v) is 7.11. The van der Waals surface area contributed by atoms with Gasteiger partial charge in [-0.25, -0.2) is 4.79 Å². The Morgan fingerprint density at radius 3 is 2.26 bits per heavy atom. The lowest BCUT2D eigenvalue weighted by Crippen LogP contribution is -2.60. The number of nitrogens with one attached hydrogen (secondary N) is 2. The van der Waals surface area contributed by atoms with Crippen molar-refractivity contribution in [2.75, 3.05) is 26.2 Å². The molecule has 39 heavy (non-hydrogen) atoms. The number of amides is 2.